The van der Waals surface area contributed by atoms with Crippen LogP contribution in [0.1, 0.15) is 30.8 Å². The average molecular weight is 515 g/mol. The molecule has 0 aliphatic rings. The van der Waals surface area contributed by atoms with Crippen LogP contribution in [0.2, 0.25) is 0 Å². The number of nitrogens with zero attached hydrogens (tertiary/aromatic N) is 4. The monoisotopic (exact) mass is 514 g/mol. The van der Waals surface area contributed by atoms with Crippen molar-refractivity contribution in [2.45, 2.75) is 37.7 Å². The zero-order chi connectivity index (χ0) is 26.2. The fourth-order valence-electron chi connectivity index (χ4n) is 3.52. The van der Waals surface area contributed by atoms with E-state index >= 15 is 0 Å². The smallest absolute Gasteiger partial charge is 0.253 e. The zero-order valence-electron chi connectivity index (χ0n) is 21.3. The van der Waals surface area contributed by atoms with Crippen LogP contribution in [-0.2, 0) is 11.3 Å². The number of aromatic nitrogens is 3. The van der Waals surface area contributed by atoms with Crippen molar-refractivity contribution in [2.24, 2.45) is 5.10 Å². The Kier molecular flexibility index (Phi) is 8.58. The molecule has 0 spiro atoms. The summed E-state index contributed by atoms with van der Waals surface area (Å²) in [5.74, 6) is 1.31. The number of hydrazone groups is 1. The maximum absolute atomic E-state index is 12.8. The van der Waals surface area contributed by atoms with Gasteiger partial charge in [0.25, 0.3) is 5.91 Å². The molecule has 4 aromatic rings. The predicted molar refractivity (Wildman–Crippen MR) is 149 cm³/mol. The molecule has 1 amide bonds. The Morgan fingerprint density at radius 3 is 2.41 bits per heavy atom. The van der Waals surface area contributed by atoms with Crippen molar-refractivity contribution in [3.8, 4) is 11.4 Å². The van der Waals surface area contributed by atoms with Crippen LogP contribution in [0.15, 0.2) is 89.1 Å². The topological polar surface area (TPSA) is 93.4 Å². The fourth-order valence-corrected chi connectivity index (χ4v) is 4.40. The van der Waals surface area contributed by atoms with Crippen LogP contribution >= 0.6 is 11.8 Å². The van der Waals surface area contributed by atoms with Gasteiger partial charge in [0, 0.05) is 11.4 Å². The third kappa shape index (κ3) is 6.77. The molecule has 0 bridgehead atoms. The summed E-state index contributed by atoms with van der Waals surface area (Å²) in [4.78, 5) is 12.8. The van der Waals surface area contributed by atoms with Crippen molar-refractivity contribution in [1.82, 2.24) is 20.2 Å². The molecule has 2 N–H and O–H groups in total. The summed E-state index contributed by atoms with van der Waals surface area (Å²) in [5.41, 5.74) is 7.42. The predicted octanol–water partition coefficient (Wildman–Crippen LogP) is 5.22. The first-order chi connectivity index (χ1) is 17.9. The Morgan fingerprint density at radius 1 is 1.03 bits per heavy atom. The quantitative estimate of drug-likeness (QED) is 0.171. The minimum atomic E-state index is -0.441. The molecule has 1 aromatic heterocycles. The summed E-state index contributed by atoms with van der Waals surface area (Å²) in [6.45, 7) is 6.19. The number of thioether (sulfide) groups is 1. The number of rotatable bonds is 10. The van der Waals surface area contributed by atoms with Crippen LogP contribution in [0.4, 0.5) is 5.69 Å². The minimum absolute atomic E-state index is 0.211. The molecule has 8 nitrogen and oxygen atoms in total. The second-order valence-electron chi connectivity index (χ2n) is 8.45. The highest BCUT2D eigenvalue weighted by molar-refractivity contribution is 8.00. The van der Waals surface area contributed by atoms with E-state index in [1.54, 1.807) is 7.11 Å². The van der Waals surface area contributed by atoms with Gasteiger partial charge >= 0.3 is 0 Å². The van der Waals surface area contributed by atoms with Gasteiger partial charge in [-0.15, -0.1) is 10.2 Å². The maximum atomic E-state index is 12.8. The SMILES string of the molecule is COc1ccc(NCc2nnc(SC(C)C(=O)NN=C(C)c3ccc(C)cc3)n2-c2ccccc2)cc1. The lowest BCUT2D eigenvalue weighted by molar-refractivity contribution is -0.120. The molecule has 1 atom stereocenters. The molecule has 0 saturated carbocycles. The number of carbonyl (C=O) groups excluding carboxylic acids is 1. The van der Waals surface area contributed by atoms with E-state index in [4.69, 9.17) is 4.74 Å². The van der Waals surface area contributed by atoms with Gasteiger partial charge in [-0.2, -0.15) is 5.10 Å². The molecule has 0 aliphatic carbocycles. The molecule has 0 radical (unpaired) electrons. The first-order valence-electron chi connectivity index (χ1n) is 11.9. The van der Waals surface area contributed by atoms with Gasteiger partial charge in [0.15, 0.2) is 11.0 Å². The van der Waals surface area contributed by atoms with Gasteiger partial charge in [-0.3, -0.25) is 9.36 Å². The lowest BCUT2D eigenvalue weighted by Gasteiger charge is -2.14. The lowest BCUT2D eigenvalue weighted by atomic mass is 10.1. The number of ether oxygens (including phenoxy) is 1. The van der Waals surface area contributed by atoms with E-state index in [1.165, 1.54) is 17.3 Å². The molecular formula is C28H30N6O2S. The summed E-state index contributed by atoms with van der Waals surface area (Å²) in [6.07, 6.45) is 0. The lowest BCUT2D eigenvalue weighted by Crippen LogP contribution is -2.28. The van der Waals surface area contributed by atoms with Crippen molar-refractivity contribution < 1.29 is 9.53 Å². The number of anilines is 1. The van der Waals surface area contributed by atoms with Crippen molar-refractivity contribution in [3.63, 3.8) is 0 Å². The first kappa shape index (κ1) is 26.0. The molecule has 37 heavy (non-hydrogen) atoms. The number of hydrogen-bond acceptors (Lipinski definition) is 7. The molecule has 3 aromatic carbocycles. The number of hydrogen-bond donors (Lipinski definition) is 2. The van der Waals surface area contributed by atoms with E-state index < -0.39 is 5.25 Å². The second-order valence-corrected chi connectivity index (χ2v) is 9.76. The highest BCUT2D eigenvalue weighted by Gasteiger charge is 2.21. The zero-order valence-corrected chi connectivity index (χ0v) is 22.1. The van der Waals surface area contributed by atoms with E-state index in [9.17, 15) is 4.79 Å². The van der Waals surface area contributed by atoms with Gasteiger partial charge in [-0.1, -0.05) is 59.8 Å². The number of carbonyl (C=O) groups is 1. The van der Waals surface area contributed by atoms with Crippen molar-refractivity contribution in [1.29, 1.82) is 0 Å². The molecule has 0 aliphatic heterocycles. The Bertz CT molecular complexity index is 1350. The third-order valence-electron chi connectivity index (χ3n) is 5.71. The normalized spacial score (nSPS) is 12.2. The van der Waals surface area contributed by atoms with Crippen LogP contribution in [0, 0.1) is 6.92 Å². The first-order valence-corrected chi connectivity index (χ1v) is 12.8. The van der Waals surface area contributed by atoms with E-state index in [0.29, 0.717) is 11.7 Å². The number of amides is 1. The fraction of sp³-hybridized carbons (Fsp3) is 0.214. The van der Waals surface area contributed by atoms with Crippen molar-refractivity contribution in [2.75, 3.05) is 12.4 Å². The molecule has 4 rings (SSSR count). The van der Waals surface area contributed by atoms with Crippen LogP contribution in [0.3, 0.4) is 0 Å². The van der Waals surface area contributed by atoms with Crippen LogP contribution < -0.4 is 15.5 Å². The highest BCUT2D eigenvalue weighted by Crippen LogP contribution is 2.26. The van der Waals surface area contributed by atoms with Crippen LogP contribution in [0.25, 0.3) is 5.69 Å². The number of benzene rings is 3. The molecule has 1 unspecified atom stereocenters. The standard InChI is InChI=1S/C28H30N6O2S/c1-19-10-12-22(13-11-19)20(2)30-32-27(35)21(3)37-28-33-31-26(34(28)24-8-6-5-7-9-24)18-29-23-14-16-25(36-4)17-15-23/h5-17,21,29H,18H2,1-4H3,(H,32,35). The Morgan fingerprint density at radius 2 is 1.73 bits per heavy atom. The molecule has 1 heterocycles. The van der Waals surface area contributed by atoms with Crippen LogP contribution in [-0.4, -0.2) is 38.7 Å². The van der Waals surface area contributed by atoms with E-state index in [2.05, 4.69) is 26.0 Å². The average Bonchev–Trinajstić information content (AvgIpc) is 3.33. The summed E-state index contributed by atoms with van der Waals surface area (Å²) in [7, 11) is 1.64. The van der Waals surface area contributed by atoms with Crippen LogP contribution in [0.5, 0.6) is 5.75 Å². The summed E-state index contributed by atoms with van der Waals surface area (Å²) >= 11 is 1.33. The molecule has 0 saturated heterocycles. The Hall–Kier alpha value is -4.11. The largest absolute Gasteiger partial charge is 0.497 e. The van der Waals surface area contributed by atoms with Gasteiger partial charge in [-0.25, -0.2) is 5.43 Å². The molecule has 9 heteroatoms. The third-order valence-corrected chi connectivity index (χ3v) is 6.75. The number of nitrogens with one attached hydrogen (secondary N) is 2. The Balaban J connectivity index is 1.47. The minimum Gasteiger partial charge on any atom is -0.497 e. The molecular weight excluding hydrogens is 484 g/mol. The summed E-state index contributed by atoms with van der Waals surface area (Å²) < 4.78 is 7.19. The van der Waals surface area contributed by atoms with Crippen molar-refractivity contribution >= 4 is 29.1 Å². The number of para-hydroxylation sites is 1. The van der Waals surface area contributed by atoms with E-state index in [0.717, 1.165) is 34.2 Å². The van der Waals surface area contributed by atoms with Gasteiger partial charge in [0.05, 0.1) is 24.6 Å². The van der Waals surface area contributed by atoms with Gasteiger partial charge in [-0.05, 0) is 62.7 Å². The second kappa shape index (κ2) is 12.2. The maximum Gasteiger partial charge on any atom is 0.253 e. The van der Waals surface area contributed by atoms with Gasteiger partial charge in [0.1, 0.15) is 5.75 Å². The van der Waals surface area contributed by atoms with E-state index in [1.807, 2.05) is 104 Å². The highest BCUT2D eigenvalue weighted by atomic mass is 32.2. The summed E-state index contributed by atoms with van der Waals surface area (Å²) in [6, 6.07) is 25.6. The van der Waals surface area contributed by atoms with Gasteiger partial charge < -0.3 is 10.1 Å². The molecule has 0 fully saturated rings. The number of aryl methyl sites for hydroxylation is 1. The van der Waals surface area contributed by atoms with E-state index in [-0.39, 0.29) is 5.91 Å². The van der Waals surface area contributed by atoms with Gasteiger partial charge in [0.2, 0.25) is 0 Å². The molecule has 190 valence electrons. The van der Waals surface area contributed by atoms with Crippen molar-refractivity contribution in [3.05, 3.63) is 95.8 Å². The summed E-state index contributed by atoms with van der Waals surface area (Å²) in [5, 5.41) is 16.7. The number of methoxy groups -OCH3 is 1. The Labute approximate surface area is 221 Å².